The van der Waals surface area contributed by atoms with Crippen LogP contribution in [0, 0.1) is 0 Å². The Morgan fingerprint density at radius 1 is 0.862 bits per heavy atom. The smallest absolute Gasteiger partial charge is 0.143 e. The van der Waals surface area contributed by atoms with Crippen molar-refractivity contribution in [2.24, 2.45) is 0 Å². The zero-order valence-corrected chi connectivity index (χ0v) is 21.1. The van der Waals surface area contributed by atoms with Gasteiger partial charge in [0.2, 0.25) is 0 Å². The summed E-state index contributed by atoms with van der Waals surface area (Å²) in [6.45, 7) is 0. The van der Waals surface area contributed by atoms with Crippen LogP contribution in [0.1, 0.15) is 5.56 Å². The molecule has 1 aromatic carbocycles. The van der Waals surface area contributed by atoms with Gasteiger partial charge in [-0.25, -0.2) is 4.98 Å². The number of pyridine rings is 1. The minimum absolute atomic E-state index is 0.935. The first-order valence-electron chi connectivity index (χ1n) is 8.54. The van der Waals surface area contributed by atoms with Crippen LogP contribution in [0.25, 0.3) is 25.8 Å². The van der Waals surface area contributed by atoms with Crippen molar-refractivity contribution in [3.8, 4) is 10.7 Å². The first-order chi connectivity index (χ1) is 14.2. The zero-order valence-electron chi connectivity index (χ0n) is 15.4. The van der Waals surface area contributed by atoms with Crippen molar-refractivity contribution >= 4 is 97.0 Å². The highest BCUT2D eigenvalue weighted by atomic mass is 32.3. The molecule has 2 aliphatic rings. The number of para-hydroxylation sites is 1. The van der Waals surface area contributed by atoms with Gasteiger partial charge in [-0.1, -0.05) is 65.2 Å². The maximum absolute atomic E-state index is 4.72. The summed E-state index contributed by atoms with van der Waals surface area (Å²) in [4.78, 5) is 10.7. The number of rotatable bonds is 4. The molecule has 0 N–H and O–H groups in total. The van der Waals surface area contributed by atoms with E-state index in [9.17, 15) is 0 Å². The molecule has 0 saturated heterocycles. The highest BCUT2D eigenvalue weighted by Gasteiger charge is 2.26. The fraction of sp³-hybridized carbons (Fsp3) is 0.100. The van der Waals surface area contributed by atoms with Crippen LogP contribution in [-0.2, 0) is 0 Å². The van der Waals surface area contributed by atoms with Crippen molar-refractivity contribution in [2.75, 3.05) is 12.5 Å². The van der Waals surface area contributed by atoms with Crippen molar-refractivity contribution < 1.29 is 0 Å². The lowest BCUT2D eigenvalue weighted by Crippen LogP contribution is -1.85. The van der Waals surface area contributed by atoms with E-state index in [2.05, 4.69) is 48.3 Å². The van der Waals surface area contributed by atoms with Crippen molar-refractivity contribution in [3.63, 3.8) is 0 Å². The predicted molar refractivity (Wildman–Crippen MR) is 142 cm³/mol. The minimum Gasteiger partial charge on any atom is -0.253 e. The SMILES string of the molecule is CSC1=C(SC)SC(=C2SC=C(c3ccc(-c4nc5ccccc5s4)nc3)S2)S1. The standard InChI is InChI=1S/C20H14N2S7/c1-23-17-18(24-2)29-20(28-17)19-25-10-15(27-19)11-7-8-13(21-9-11)16-22-12-5-3-4-6-14(12)26-16/h3-10H,1-2H3. The maximum atomic E-state index is 4.72. The average Bonchev–Trinajstić information content (AvgIpc) is 3.50. The second-order valence-electron chi connectivity index (χ2n) is 5.88. The van der Waals surface area contributed by atoms with Gasteiger partial charge in [0.25, 0.3) is 0 Å². The molecule has 0 radical (unpaired) electrons. The third-order valence-corrected chi connectivity index (χ3v) is 13.3. The van der Waals surface area contributed by atoms with Crippen LogP contribution in [0.15, 0.2) is 65.0 Å². The van der Waals surface area contributed by atoms with E-state index in [0.29, 0.717) is 0 Å². The summed E-state index contributed by atoms with van der Waals surface area (Å²) >= 11 is 12.9. The summed E-state index contributed by atoms with van der Waals surface area (Å²) in [7, 11) is 0. The molecule has 0 saturated carbocycles. The van der Waals surface area contributed by atoms with Gasteiger partial charge in [0.05, 0.1) is 32.9 Å². The second kappa shape index (κ2) is 8.98. The summed E-state index contributed by atoms with van der Waals surface area (Å²) < 4.78 is 6.81. The third-order valence-electron chi connectivity index (χ3n) is 4.11. The van der Waals surface area contributed by atoms with Crippen LogP contribution >= 0.6 is 81.9 Å². The molecule has 2 aliphatic heterocycles. The monoisotopic (exact) mass is 506 g/mol. The first-order valence-corrected chi connectivity index (χ1v) is 15.1. The number of fused-ring (bicyclic) bond motifs is 1. The molecule has 3 aromatic rings. The van der Waals surface area contributed by atoms with Gasteiger partial charge in [0.1, 0.15) is 5.01 Å². The van der Waals surface area contributed by atoms with Gasteiger partial charge in [-0.2, -0.15) is 0 Å². The number of hydrogen-bond donors (Lipinski definition) is 0. The van der Waals surface area contributed by atoms with Gasteiger partial charge < -0.3 is 0 Å². The Morgan fingerprint density at radius 3 is 2.34 bits per heavy atom. The summed E-state index contributed by atoms with van der Waals surface area (Å²) in [5.74, 6) is 0. The molecule has 2 nitrogen and oxygen atoms in total. The van der Waals surface area contributed by atoms with E-state index in [1.807, 2.05) is 82.8 Å². The van der Waals surface area contributed by atoms with Gasteiger partial charge in [-0.15, -0.1) is 34.9 Å². The molecule has 0 spiro atoms. The second-order valence-corrected chi connectivity index (χ2v) is 13.6. The van der Waals surface area contributed by atoms with Crippen LogP contribution in [-0.4, -0.2) is 22.5 Å². The Hall–Kier alpha value is -0.420. The lowest BCUT2D eigenvalue weighted by atomic mass is 10.2. The van der Waals surface area contributed by atoms with Crippen molar-refractivity contribution in [1.82, 2.24) is 9.97 Å². The highest BCUT2D eigenvalue weighted by molar-refractivity contribution is 8.42. The number of nitrogens with zero attached hydrogens (tertiary/aromatic N) is 2. The van der Waals surface area contributed by atoms with E-state index in [1.165, 1.54) is 32.1 Å². The molecule has 4 heterocycles. The number of hydrogen-bond acceptors (Lipinski definition) is 9. The van der Waals surface area contributed by atoms with Gasteiger partial charge in [-0.3, -0.25) is 4.98 Å². The molecule has 29 heavy (non-hydrogen) atoms. The topological polar surface area (TPSA) is 25.8 Å². The lowest BCUT2D eigenvalue weighted by molar-refractivity contribution is 1.30. The molecule has 2 aromatic heterocycles. The number of thioether (sulfide) groups is 6. The summed E-state index contributed by atoms with van der Waals surface area (Å²) in [6, 6.07) is 12.5. The maximum Gasteiger partial charge on any atom is 0.143 e. The summed E-state index contributed by atoms with van der Waals surface area (Å²) in [6.07, 6.45) is 6.29. The van der Waals surface area contributed by atoms with E-state index in [0.717, 1.165) is 16.2 Å². The molecule has 0 amide bonds. The van der Waals surface area contributed by atoms with Gasteiger partial charge >= 0.3 is 0 Å². The Morgan fingerprint density at radius 2 is 1.66 bits per heavy atom. The Bertz CT molecular complexity index is 1120. The van der Waals surface area contributed by atoms with Crippen LogP contribution in [0.3, 0.4) is 0 Å². The molecule has 0 unspecified atom stereocenters. The van der Waals surface area contributed by atoms with E-state index < -0.39 is 0 Å². The van der Waals surface area contributed by atoms with Crippen LogP contribution in [0.2, 0.25) is 0 Å². The average molecular weight is 507 g/mol. The van der Waals surface area contributed by atoms with Gasteiger partial charge in [-0.05, 0) is 36.1 Å². The van der Waals surface area contributed by atoms with Crippen LogP contribution in [0.5, 0.6) is 0 Å². The summed E-state index contributed by atoms with van der Waals surface area (Å²) in [5, 5.41) is 3.22. The lowest BCUT2D eigenvalue weighted by Gasteiger charge is -2.04. The van der Waals surface area contributed by atoms with Crippen LogP contribution in [0.4, 0.5) is 0 Å². The van der Waals surface area contributed by atoms with Crippen molar-refractivity contribution in [2.45, 2.75) is 0 Å². The third kappa shape index (κ3) is 4.20. The highest BCUT2D eigenvalue weighted by Crippen LogP contribution is 2.62. The minimum atomic E-state index is 0.935. The van der Waals surface area contributed by atoms with Gasteiger partial charge in [0, 0.05) is 16.7 Å². The first kappa shape index (κ1) is 20.5. The zero-order chi connectivity index (χ0) is 19.8. The van der Waals surface area contributed by atoms with Crippen LogP contribution < -0.4 is 0 Å². The van der Waals surface area contributed by atoms with E-state index >= 15 is 0 Å². The molecule has 0 fully saturated rings. The molecule has 5 rings (SSSR count). The fourth-order valence-corrected chi connectivity index (χ4v) is 11.3. The van der Waals surface area contributed by atoms with Crippen molar-refractivity contribution in [3.05, 3.63) is 70.5 Å². The Balaban J connectivity index is 1.33. The van der Waals surface area contributed by atoms with E-state index in [1.54, 1.807) is 11.3 Å². The normalized spacial score (nSPS) is 17.0. The van der Waals surface area contributed by atoms with Crippen molar-refractivity contribution in [1.29, 1.82) is 0 Å². The summed E-state index contributed by atoms with van der Waals surface area (Å²) in [5.41, 5.74) is 3.14. The predicted octanol–water partition coefficient (Wildman–Crippen LogP) is 8.60. The largest absolute Gasteiger partial charge is 0.253 e. The number of benzene rings is 1. The molecule has 146 valence electrons. The molecular weight excluding hydrogens is 493 g/mol. The molecule has 0 bridgehead atoms. The molecule has 9 heteroatoms. The molecule has 0 aliphatic carbocycles. The fourth-order valence-electron chi connectivity index (χ4n) is 2.73. The Labute approximate surface area is 199 Å². The molecule has 0 atom stereocenters. The van der Waals surface area contributed by atoms with E-state index in [-0.39, 0.29) is 0 Å². The van der Waals surface area contributed by atoms with E-state index in [4.69, 9.17) is 9.97 Å². The number of thiazole rings is 1. The molecular formula is C20H14N2S7. The van der Waals surface area contributed by atoms with Gasteiger partial charge in [0.15, 0.2) is 0 Å². The quantitative estimate of drug-likeness (QED) is 0.347. The number of aromatic nitrogens is 2. The Kier molecular flexibility index (Phi) is 6.34.